The smallest absolute Gasteiger partial charge is 0.414 e. The van der Waals surface area contributed by atoms with Crippen LogP contribution in [0.15, 0.2) is 46.5 Å². The molecule has 0 bridgehead atoms. The first-order chi connectivity index (χ1) is 14.7. The second-order valence-corrected chi connectivity index (χ2v) is 9.08. The Hall–Kier alpha value is -3.07. The predicted molar refractivity (Wildman–Crippen MR) is 124 cm³/mol. The largest absolute Gasteiger partial charge is 0.443 e. The van der Waals surface area contributed by atoms with Crippen molar-refractivity contribution >= 4 is 46.0 Å². The summed E-state index contributed by atoms with van der Waals surface area (Å²) in [6.07, 6.45) is 3.23. The second kappa shape index (κ2) is 7.88. The summed E-state index contributed by atoms with van der Waals surface area (Å²) >= 11 is 1.43. The molecule has 3 aromatic rings. The summed E-state index contributed by atoms with van der Waals surface area (Å²) in [5, 5.41) is 1.40. The average Bonchev–Trinajstić information content (AvgIpc) is 2.74. The van der Waals surface area contributed by atoms with Crippen LogP contribution in [-0.4, -0.2) is 45.6 Å². The number of para-hydroxylation sites is 2. The Morgan fingerprint density at radius 2 is 1.84 bits per heavy atom. The third-order valence-corrected chi connectivity index (χ3v) is 5.57. The molecule has 4 rings (SSSR count). The van der Waals surface area contributed by atoms with Crippen molar-refractivity contribution in [1.29, 1.82) is 0 Å². The Bertz CT molecular complexity index is 1220. The van der Waals surface area contributed by atoms with Gasteiger partial charge in [0.15, 0.2) is 5.16 Å². The number of rotatable bonds is 2. The summed E-state index contributed by atoms with van der Waals surface area (Å²) in [5.74, 6) is 0. The number of thioether (sulfide) groups is 1. The highest BCUT2D eigenvalue weighted by molar-refractivity contribution is 7.98. The lowest BCUT2D eigenvalue weighted by Crippen LogP contribution is -2.45. The summed E-state index contributed by atoms with van der Waals surface area (Å²) in [6.45, 7) is 6.39. The number of benzene rings is 1. The van der Waals surface area contributed by atoms with Gasteiger partial charge in [-0.3, -0.25) is 14.3 Å². The number of hydrogen-bond donors (Lipinski definition) is 0. The van der Waals surface area contributed by atoms with Crippen LogP contribution in [0.5, 0.6) is 0 Å². The van der Waals surface area contributed by atoms with Crippen LogP contribution in [0.25, 0.3) is 11.0 Å². The summed E-state index contributed by atoms with van der Waals surface area (Å²) in [6, 6.07) is 9.36. The van der Waals surface area contributed by atoms with Gasteiger partial charge in [-0.2, -0.15) is 0 Å². The van der Waals surface area contributed by atoms with Crippen molar-refractivity contribution in [2.24, 2.45) is 7.05 Å². The number of nitrogens with zero attached hydrogens (tertiary/aromatic N) is 5. The van der Waals surface area contributed by atoms with Crippen molar-refractivity contribution in [3.8, 4) is 0 Å². The molecular formula is C22H25N5O3S. The Morgan fingerprint density at radius 3 is 2.52 bits per heavy atom. The zero-order chi connectivity index (χ0) is 22.3. The lowest BCUT2D eigenvalue weighted by atomic mass is 10.1. The molecule has 0 radical (unpaired) electrons. The number of anilines is 3. The van der Waals surface area contributed by atoms with Gasteiger partial charge in [0.1, 0.15) is 16.9 Å². The van der Waals surface area contributed by atoms with Crippen LogP contribution in [-0.2, 0) is 11.8 Å². The minimum absolute atomic E-state index is 0.154. The molecule has 0 spiro atoms. The fourth-order valence-corrected chi connectivity index (χ4v) is 3.96. The topological polar surface area (TPSA) is 80.6 Å². The highest BCUT2D eigenvalue weighted by Gasteiger charge is 2.31. The van der Waals surface area contributed by atoms with Crippen LogP contribution < -0.4 is 15.4 Å². The van der Waals surface area contributed by atoms with Crippen molar-refractivity contribution < 1.29 is 9.53 Å². The SMILES string of the molecule is CSc1ncc2cc(N3CCN(C(=O)OC(C)(C)C)c4ccccc43)c(=O)n(C)c2n1. The van der Waals surface area contributed by atoms with Gasteiger partial charge >= 0.3 is 6.09 Å². The van der Waals surface area contributed by atoms with Crippen LogP contribution >= 0.6 is 11.8 Å². The van der Waals surface area contributed by atoms with Crippen molar-refractivity contribution in [3.63, 3.8) is 0 Å². The number of carbonyl (C=O) groups is 1. The molecule has 8 nitrogen and oxygen atoms in total. The lowest BCUT2D eigenvalue weighted by molar-refractivity contribution is 0.0580. The molecule has 9 heteroatoms. The number of pyridine rings is 1. The summed E-state index contributed by atoms with van der Waals surface area (Å²) < 4.78 is 7.13. The normalized spacial score (nSPS) is 14.0. The second-order valence-electron chi connectivity index (χ2n) is 8.30. The maximum absolute atomic E-state index is 13.2. The molecule has 1 amide bonds. The van der Waals surface area contributed by atoms with Crippen molar-refractivity contribution in [2.45, 2.75) is 31.5 Å². The zero-order valence-corrected chi connectivity index (χ0v) is 19.1. The highest BCUT2D eigenvalue weighted by atomic mass is 32.2. The van der Waals surface area contributed by atoms with Gasteiger partial charge in [0.2, 0.25) is 0 Å². The molecule has 0 aliphatic carbocycles. The molecule has 0 atom stereocenters. The fraction of sp³-hybridized carbons (Fsp3) is 0.364. The Kier molecular flexibility index (Phi) is 5.38. The van der Waals surface area contributed by atoms with E-state index in [2.05, 4.69) is 9.97 Å². The number of aromatic nitrogens is 3. The van der Waals surface area contributed by atoms with Gasteiger partial charge in [-0.15, -0.1) is 0 Å². The van der Waals surface area contributed by atoms with E-state index in [4.69, 9.17) is 4.74 Å². The number of fused-ring (bicyclic) bond motifs is 2. The van der Waals surface area contributed by atoms with E-state index in [0.717, 1.165) is 11.1 Å². The van der Waals surface area contributed by atoms with E-state index in [0.29, 0.717) is 35.3 Å². The third-order valence-electron chi connectivity index (χ3n) is 5.01. The first-order valence-corrected chi connectivity index (χ1v) is 11.2. The Labute approximate surface area is 184 Å². The molecular weight excluding hydrogens is 414 g/mol. The van der Waals surface area contributed by atoms with Gasteiger partial charge in [0.25, 0.3) is 5.56 Å². The molecule has 0 unspecified atom stereocenters. The minimum Gasteiger partial charge on any atom is -0.443 e. The summed E-state index contributed by atoms with van der Waals surface area (Å²) in [5.41, 5.74) is 1.85. The molecule has 0 saturated carbocycles. The first kappa shape index (κ1) is 21.2. The van der Waals surface area contributed by atoms with E-state index in [1.165, 1.54) is 11.8 Å². The van der Waals surface area contributed by atoms with Gasteiger partial charge in [-0.05, 0) is 45.2 Å². The zero-order valence-electron chi connectivity index (χ0n) is 18.2. The molecule has 1 aliphatic rings. The molecule has 0 saturated heterocycles. The van der Waals surface area contributed by atoms with E-state index >= 15 is 0 Å². The molecule has 3 heterocycles. The number of hydrogen-bond acceptors (Lipinski definition) is 7. The molecule has 0 fully saturated rings. The van der Waals surface area contributed by atoms with Crippen LogP contribution in [0.1, 0.15) is 20.8 Å². The minimum atomic E-state index is -0.590. The molecule has 1 aromatic carbocycles. The van der Waals surface area contributed by atoms with Gasteiger partial charge in [-0.25, -0.2) is 14.8 Å². The third kappa shape index (κ3) is 3.97. The number of carbonyl (C=O) groups excluding carboxylic acids is 1. The van der Waals surface area contributed by atoms with Crippen LogP contribution in [0.2, 0.25) is 0 Å². The van der Waals surface area contributed by atoms with Gasteiger partial charge < -0.3 is 9.64 Å². The maximum atomic E-state index is 13.2. The Morgan fingerprint density at radius 1 is 1.13 bits per heavy atom. The fourth-order valence-electron chi connectivity index (χ4n) is 3.62. The number of aryl methyl sites for hydroxylation is 1. The van der Waals surface area contributed by atoms with E-state index in [1.807, 2.05) is 62.3 Å². The van der Waals surface area contributed by atoms with E-state index in [9.17, 15) is 9.59 Å². The maximum Gasteiger partial charge on any atom is 0.414 e. The number of ether oxygens (including phenoxy) is 1. The van der Waals surface area contributed by atoms with Crippen molar-refractivity contribution in [3.05, 3.63) is 46.9 Å². The summed E-state index contributed by atoms with van der Waals surface area (Å²) in [7, 11) is 1.72. The highest BCUT2D eigenvalue weighted by Crippen LogP contribution is 2.37. The van der Waals surface area contributed by atoms with Crippen molar-refractivity contribution in [2.75, 3.05) is 29.1 Å². The molecule has 31 heavy (non-hydrogen) atoms. The van der Waals surface area contributed by atoms with Gasteiger partial charge in [-0.1, -0.05) is 23.9 Å². The molecule has 2 aromatic heterocycles. The Balaban J connectivity index is 1.79. The van der Waals surface area contributed by atoms with Crippen LogP contribution in [0.4, 0.5) is 21.9 Å². The lowest BCUT2D eigenvalue weighted by Gasteiger charge is -2.38. The predicted octanol–water partition coefficient (Wildman–Crippen LogP) is 3.94. The van der Waals surface area contributed by atoms with E-state index < -0.39 is 11.7 Å². The van der Waals surface area contributed by atoms with Gasteiger partial charge in [0.05, 0.1) is 11.4 Å². The molecule has 162 valence electrons. The average molecular weight is 440 g/mol. The van der Waals surface area contributed by atoms with Crippen LogP contribution in [0, 0.1) is 0 Å². The monoisotopic (exact) mass is 439 g/mol. The van der Waals surface area contributed by atoms with E-state index in [1.54, 1.807) is 22.7 Å². The van der Waals surface area contributed by atoms with Gasteiger partial charge in [0, 0.05) is 31.7 Å². The standard InChI is InChI=1S/C22H25N5O3S/c1-22(2,3)30-21(29)27-11-10-26(15-8-6-7-9-16(15)27)17-12-14-13-23-20(31-5)24-18(14)25(4)19(17)28/h6-9,12-13H,10-11H2,1-5H3. The number of amides is 1. The molecule has 0 N–H and O–H groups in total. The quantitative estimate of drug-likeness (QED) is 0.442. The summed E-state index contributed by atoms with van der Waals surface area (Å²) in [4.78, 5) is 38.4. The molecule has 1 aliphatic heterocycles. The van der Waals surface area contributed by atoms with Crippen molar-refractivity contribution in [1.82, 2.24) is 14.5 Å². The van der Waals surface area contributed by atoms with E-state index in [-0.39, 0.29) is 5.56 Å². The van der Waals surface area contributed by atoms with Crippen LogP contribution in [0.3, 0.4) is 0 Å². The first-order valence-electron chi connectivity index (χ1n) is 9.97.